The van der Waals surface area contributed by atoms with Gasteiger partial charge in [0.15, 0.2) is 0 Å². The Morgan fingerprint density at radius 3 is 2.79 bits per heavy atom. The summed E-state index contributed by atoms with van der Waals surface area (Å²) >= 11 is 11.8. The SMILES string of the molecule is CC1CC(C(=O)O)CN(C(=O)NCCNc2ncc(Cl)cc2Cl)C1. The van der Waals surface area contributed by atoms with Crippen LogP contribution in [0.25, 0.3) is 0 Å². The molecule has 2 heterocycles. The van der Waals surface area contributed by atoms with Gasteiger partial charge in [0.1, 0.15) is 5.82 Å². The predicted molar refractivity (Wildman–Crippen MR) is 92.6 cm³/mol. The number of pyridine rings is 1. The molecule has 1 aliphatic rings. The average Bonchev–Trinajstić information content (AvgIpc) is 2.52. The lowest BCUT2D eigenvalue weighted by atomic mass is 9.91. The molecular formula is C15H20Cl2N4O3. The number of likely N-dealkylation sites (tertiary alicyclic amines) is 1. The number of halogens is 2. The van der Waals surface area contributed by atoms with Crippen LogP contribution in [-0.2, 0) is 4.79 Å². The first-order chi connectivity index (χ1) is 11.4. The Balaban J connectivity index is 1.77. The minimum atomic E-state index is -0.857. The van der Waals surface area contributed by atoms with Crippen LogP contribution in [0.5, 0.6) is 0 Å². The second-order valence-corrected chi connectivity index (χ2v) is 6.77. The molecule has 0 spiro atoms. The maximum atomic E-state index is 12.2. The third-order valence-electron chi connectivity index (χ3n) is 3.80. The molecule has 9 heteroatoms. The highest BCUT2D eigenvalue weighted by Crippen LogP contribution is 2.23. The Morgan fingerprint density at radius 2 is 2.12 bits per heavy atom. The summed E-state index contributed by atoms with van der Waals surface area (Å²) in [5.74, 6) is -0.701. The van der Waals surface area contributed by atoms with Crippen molar-refractivity contribution < 1.29 is 14.7 Å². The largest absolute Gasteiger partial charge is 0.481 e. The van der Waals surface area contributed by atoms with E-state index in [2.05, 4.69) is 15.6 Å². The van der Waals surface area contributed by atoms with Crippen LogP contribution < -0.4 is 10.6 Å². The lowest BCUT2D eigenvalue weighted by Crippen LogP contribution is -2.50. The van der Waals surface area contributed by atoms with Gasteiger partial charge in [-0.25, -0.2) is 9.78 Å². The highest BCUT2D eigenvalue weighted by atomic mass is 35.5. The van der Waals surface area contributed by atoms with Crippen molar-refractivity contribution in [2.75, 3.05) is 31.5 Å². The van der Waals surface area contributed by atoms with Crippen LogP contribution in [0.4, 0.5) is 10.6 Å². The normalized spacial score (nSPS) is 20.5. The highest BCUT2D eigenvalue weighted by molar-refractivity contribution is 6.35. The third-order valence-corrected chi connectivity index (χ3v) is 4.29. The molecule has 0 radical (unpaired) electrons. The molecule has 0 saturated carbocycles. The number of hydrogen-bond acceptors (Lipinski definition) is 4. The fourth-order valence-corrected chi connectivity index (χ4v) is 3.15. The van der Waals surface area contributed by atoms with Crippen molar-refractivity contribution in [3.05, 3.63) is 22.3 Å². The van der Waals surface area contributed by atoms with Gasteiger partial charge in [-0.15, -0.1) is 0 Å². The van der Waals surface area contributed by atoms with Crippen LogP contribution >= 0.6 is 23.2 Å². The van der Waals surface area contributed by atoms with Crippen molar-refractivity contribution in [1.29, 1.82) is 0 Å². The predicted octanol–water partition coefficient (Wildman–Crippen LogP) is 2.55. The van der Waals surface area contributed by atoms with Crippen molar-refractivity contribution >= 4 is 41.0 Å². The van der Waals surface area contributed by atoms with E-state index in [4.69, 9.17) is 28.3 Å². The number of carbonyl (C=O) groups is 2. The van der Waals surface area contributed by atoms with Crippen molar-refractivity contribution in [3.63, 3.8) is 0 Å². The van der Waals surface area contributed by atoms with Gasteiger partial charge in [0.05, 0.1) is 16.0 Å². The number of anilines is 1. The number of carbonyl (C=O) groups excluding carboxylic acids is 1. The molecule has 2 unspecified atom stereocenters. The van der Waals surface area contributed by atoms with E-state index in [0.717, 1.165) is 0 Å². The molecule has 1 aromatic heterocycles. The first kappa shape index (κ1) is 18.6. The number of rotatable bonds is 5. The highest BCUT2D eigenvalue weighted by Gasteiger charge is 2.31. The van der Waals surface area contributed by atoms with Crippen molar-refractivity contribution in [2.24, 2.45) is 11.8 Å². The molecule has 24 heavy (non-hydrogen) atoms. The number of aliphatic carboxylic acids is 1. The summed E-state index contributed by atoms with van der Waals surface area (Å²) in [6.07, 6.45) is 2.08. The number of nitrogens with one attached hydrogen (secondary N) is 2. The van der Waals surface area contributed by atoms with E-state index >= 15 is 0 Å². The van der Waals surface area contributed by atoms with E-state index in [0.29, 0.717) is 41.9 Å². The zero-order valence-corrected chi connectivity index (χ0v) is 14.8. The smallest absolute Gasteiger partial charge is 0.317 e. The fraction of sp³-hybridized carbons (Fsp3) is 0.533. The van der Waals surface area contributed by atoms with E-state index in [1.165, 1.54) is 6.20 Å². The quantitative estimate of drug-likeness (QED) is 0.688. The number of carboxylic acids is 1. The van der Waals surface area contributed by atoms with Gasteiger partial charge in [0, 0.05) is 32.4 Å². The summed E-state index contributed by atoms with van der Waals surface area (Å²) in [5, 5.41) is 15.8. The third kappa shape index (κ3) is 5.14. The summed E-state index contributed by atoms with van der Waals surface area (Å²) in [7, 11) is 0. The molecule has 2 rings (SSSR count). The molecule has 2 atom stereocenters. The lowest BCUT2D eigenvalue weighted by molar-refractivity contribution is -0.143. The van der Waals surface area contributed by atoms with Crippen LogP contribution in [0, 0.1) is 11.8 Å². The minimum Gasteiger partial charge on any atom is -0.481 e. The number of urea groups is 1. The molecule has 1 aromatic rings. The van der Waals surface area contributed by atoms with Crippen molar-refractivity contribution in [2.45, 2.75) is 13.3 Å². The zero-order chi connectivity index (χ0) is 17.7. The van der Waals surface area contributed by atoms with Gasteiger partial charge in [-0.3, -0.25) is 4.79 Å². The number of nitrogens with zero attached hydrogens (tertiary/aromatic N) is 2. The molecule has 2 amide bonds. The molecule has 7 nitrogen and oxygen atoms in total. The Hall–Kier alpha value is -1.73. The molecule has 0 bridgehead atoms. The van der Waals surface area contributed by atoms with Crippen LogP contribution in [0.2, 0.25) is 10.0 Å². The summed E-state index contributed by atoms with van der Waals surface area (Å²) < 4.78 is 0. The zero-order valence-electron chi connectivity index (χ0n) is 13.3. The number of carboxylic acid groups (broad SMARTS) is 1. The Bertz CT molecular complexity index is 614. The Kier molecular flexibility index (Phi) is 6.51. The average molecular weight is 375 g/mol. The lowest BCUT2D eigenvalue weighted by Gasteiger charge is -2.34. The fourth-order valence-electron chi connectivity index (χ4n) is 2.70. The van der Waals surface area contributed by atoms with Crippen LogP contribution in [-0.4, -0.2) is 53.2 Å². The van der Waals surface area contributed by atoms with Crippen molar-refractivity contribution in [3.8, 4) is 0 Å². The number of aromatic nitrogens is 1. The second-order valence-electron chi connectivity index (χ2n) is 5.92. The first-order valence-corrected chi connectivity index (χ1v) is 8.43. The van der Waals surface area contributed by atoms with Gasteiger partial charge in [-0.05, 0) is 18.4 Å². The number of hydrogen-bond donors (Lipinski definition) is 3. The number of amides is 2. The maximum absolute atomic E-state index is 12.2. The van der Waals surface area contributed by atoms with E-state index in [1.807, 2.05) is 6.92 Å². The van der Waals surface area contributed by atoms with E-state index < -0.39 is 11.9 Å². The second kappa shape index (κ2) is 8.39. The topological polar surface area (TPSA) is 94.6 Å². The summed E-state index contributed by atoms with van der Waals surface area (Å²) in [6, 6.07) is 1.32. The Labute approximate surface area is 150 Å². The van der Waals surface area contributed by atoms with E-state index in [1.54, 1.807) is 11.0 Å². The van der Waals surface area contributed by atoms with Gasteiger partial charge in [-0.2, -0.15) is 0 Å². The van der Waals surface area contributed by atoms with Gasteiger partial charge >= 0.3 is 12.0 Å². The van der Waals surface area contributed by atoms with Gasteiger partial charge < -0.3 is 20.6 Å². The first-order valence-electron chi connectivity index (χ1n) is 7.67. The summed E-state index contributed by atoms with van der Waals surface area (Å²) in [5.41, 5.74) is 0. The summed E-state index contributed by atoms with van der Waals surface area (Å²) in [4.78, 5) is 28.9. The van der Waals surface area contributed by atoms with Gasteiger partial charge in [0.2, 0.25) is 0 Å². The van der Waals surface area contributed by atoms with E-state index in [9.17, 15) is 9.59 Å². The van der Waals surface area contributed by atoms with Crippen LogP contribution in [0.1, 0.15) is 13.3 Å². The van der Waals surface area contributed by atoms with E-state index in [-0.39, 0.29) is 18.5 Å². The molecule has 0 aromatic carbocycles. The van der Waals surface area contributed by atoms with Crippen molar-refractivity contribution in [1.82, 2.24) is 15.2 Å². The molecule has 1 fully saturated rings. The van der Waals surface area contributed by atoms with Gasteiger partial charge in [-0.1, -0.05) is 30.1 Å². The molecule has 1 aliphatic heterocycles. The maximum Gasteiger partial charge on any atom is 0.317 e. The minimum absolute atomic E-state index is 0.167. The summed E-state index contributed by atoms with van der Waals surface area (Å²) in [6.45, 7) is 3.55. The van der Waals surface area contributed by atoms with Crippen LogP contribution in [0.15, 0.2) is 12.3 Å². The molecule has 1 saturated heterocycles. The van der Waals surface area contributed by atoms with Gasteiger partial charge in [0.25, 0.3) is 0 Å². The molecular weight excluding hydrogens is 355 g/mol. The Morgan fingerprint density at radius 1 is 1.38 bits per heavy atom. The monoisotopic (exact) mass is 374 g/mol. The molecule has 0 aliphatic carbocycles. The molecule has 132 valence electrons. The number of piperidine rings is 1. The van der Waals surface area contributed by atoms with Crippen LogP contribution in [0.3, 0.4) is 0 Å². The standard InChI is InChI=1S/C15H20Cl2N4O3/c1-9-4-10(14(22)23)8-21(7-9)15(24)19-3-2-18-13-12(17)5-11(16)6-20-13/h5-6,9-10H,2-4,7-8H2,1H3,(H,18,20)(H,19,24)(H,22,23). The molecule has 3 N–H and O–H groups in total.